The zero-order valence-electron chi connectivity index (χ0n) is 23.2. The molecule has 2 heteroatoms. The molecule has 0 aliphatic rings. The number of aromatic nitrogens is 2. The van der Waals surface area contributed by atoms with Crippen molar-refractivity contribution in [1.82, 2.24) is 4.57 Å². The van der Waals surface area contributed by atoms with Crippen LogP contribution in [0.15, 0.2) is 12.4 Å². The Morgan fingerprint density at radius 1 is 0.515 bits per heavy atom. The van der Waals surface area contributed by atoms with Crippen LogP contribution < -0.4 is 4.57 Å². The molecule has 1 rings (SSSR count). The highest BCUT2D eigenvalue weighted by Crippen LogP contribution is 2.13. The van der Waals surface area contributed by atoms with Crippen molar-refractivity contribution in [2.75, 3.05) is 0 Å². The van der Waals surface area contributed by atoms with E-state index in [1.165, 1.54) is 154 Å². The maximum Gasteiger partial charge on any atom is 0.256 e. The Balaban J connectivity index is 2.06. The van der Waals surface area contributed by atoms with Crippen molar-refractivity contribution >= 4 is 0 Å². The van der Waals surface area contributed by atoms with Crippen molar-refractivity contribution in [2.45, 2.75) is 182 Å². The summed E-state index contributed by atoms with van der Waals surface area (Å²) in [5.41, 5.74) is 0. The van der Waals surface area contributed by atoms with Gasteiger partial charge in [0.05, 0.1) is 13.1 Å². The molecule has 0 amide bonds. The number of aryl methyl sites for hydroxylation is 2. The van der Waals surface area contributed by atoms with Gasteiger partial charge in [0.2, 0.25) is 0 Å². The molecule has 1 aromatic rings. The van der Waals surface area contributed by atoms with E-state index < -0.39 is 0 Å². The number of imidazole rings is 1. The van der Waals surface area contributed by atoms with Gasteiger partial charge in [-0.1, -0.05) is 136 Å². The lowest BCUT2D eigenvalue weighted by atomic mass is 10.1. The van der Waals surface area contributed by atoms with Gasteiger partial charge in [0.1, 0.15) is 12.4 Å². The smallest absolute Gasteiger partial charge is 0.235 e. The lowest BCUT2D eigenvalue weighted by Gasteiger charge is -2.06. The van der Waals surface area contributed by atoms with Gasteiger partial charge in [-0.25, -0.2) is 9.13 Å². The average molecular weight is 462 g/mol. The molecular formula is C31H61N2+. The van der Waals surface area contributed by atoms with Gasteiger partial charge in [-0.15, -0.1) is 0 Å². The molecule has 33 heavy (non-hydrogen) atoms. The van der Waals surface area contributed by atoms with E-state index in [1.807, 2.05) is 0 Å². The Bertz CT molecular complexity index is 519. The summed E-state index contributed by atoms with van der Waals surface area (Å²) < 4.78 is 5.04. The molecule has 0 fully saturated rings. The summed E-state index contributed by atoms with van der Waals surface area (Å²) in [5.74, 6) is 1.57. The molecule has 1 heterocycles. The van der Waals surface area contributed by atoms with Crippen LogP contribution in [0.2, 0.25) is 0 Å². The van der Waals surface area contributed by atoms with Crippen molar-refractivity contribution in [1.29, 1.82) is 0 Å². The molecule has 0 aliphatic heterocycles. The van der Waals surface area contributed by atoms with Crippen LogP contribution in [0.5, 0.6) is 0 Å². The maximum absolute atomic E-state index is 2.56. The second-order valence-electron chi connectivity index (χ2n) is 10.5. The molecule has 0 saturated carbocycles. The average Bonchev–Trinajstić information content (AvgIpc) is 3.22. The SMILES string of the molecule is CCCCCCCCCCCCCC[n+]1ccn(CC)c1CCCCCCCCCCCC. The highest BCUT2D eigenvalue weighted by molar-refractivity contribution is 4.83. The van der Waals surface area contributed by atoms with E-state index in [9.17, 15) is 0 Å². The maximum atomic E-state index is 2.56. The van der Waals surface area contributed by atoms with Gasteiger partial charge in [-0.2, -0.15) is 0 Å². The fraction of sp³-hybridized carbons (Fsp3) is 0.903. The minimum absolute atomic E-state index is 1.11. The van der Waals surface area contributed by atoms with Crippen molar-refractivity contribution < 1.29 is 4.57 Å². The molecule has 0 atom stereocenters. The highest BCUT2D eigenvalue weighted by atomic mass is 15.1. The van der Waals surface area contributed by atoms with E-state index >= 15 is 0 Å². The van der Waals surface area contributed by atoms with E-state index in [4.69, 9.17) is 0 Å². The minimum atomic E-state index is 1.11. The van der Waals surface area contributed by atoms with Gasteiger partial charge < -0.3 is 0 Å². The predicted octanol–water partition coefficient (Wildman–Crippen LogP) is 9.96. The quantitative estimate of drug-likeness (QED) is 0.101. The topological polar surface area (TPSA) is 8.81 Å². The Kier molecular flexibility index (Phi) is 21.1. The van der Waals surface area contributed by atoms with Crippen LogP contribution in [0.25, 0.3) is 0 Å². The first-order chi connectivity index (χ1) is 16.3. The molecule has 1 aromatic heterocycles. The minimum Gasteiger partial charge on any atom is -0.235 e. The Labute approximate surface area is 208 Å². The number of unbranched alkanes of at least 4 members (excludes halogenated alkanes) is 20. The summed E-state index contributed by atoms with van der Waals surface area (Å²) in [6.07, 6.45) is 37.3. The fourth-order valence-corrected chi connectivity index (χ4v) is 5.17. The summed E-state index contributed by atoms with van der Waals surface area (Å²) in [5, 5.41) is 0. The molecule has 0 radical (unpaired) electrons. The van der Waals surface area contributed by atoms with Crippen molar-refractivity contribution in [3.63, 3.8) is 0 Å². The number of nitrogens with zero attached hydrogens (tertiary/aromatic N) is 2. The molecule has 0 aromatic carbocycles. The molecular weight excluding hydrogens is 400 g/mol. The van der Waals surface area contributed by atoms with E-state index in [-0.39, 0.29) is 0 Å². The summed E-state index contributed by atoms with van der Waals surface area (Å²) in [6.45, 7) is 9.22. The first-order valence-corrected chi connectivity index (χ1v) is 15.4. The van der Waals surface area contributed by atoms with Crippen LogP contribution in [0, 0.1) is 0 Å². The summed E-state index contributed by atoms with van der Waals surface area (Å²) in [7, 11) is 0. The molecule has 194 valence electrons. The molecule has 0 bridgehead atoms. The summed E-state index contributed by atoms with van der Waals surface area (Å²) in [6, 6.07) is 0. The zero-order valence-corrected chi connectivity index (χ0v) is 23.2. The Morgan fingerprint density at radius 2 is 0.909 bits per heavy atom. The largest absolute Gasteiger partial charge is 0.256 e. The van der Waals surface area contributed by atoms with Gasteiger partial charge in [0.25, 0.3) is 5.82 Å². The van der Waals surface area contributed by atoms with Crippen LogP contribution in [0.4, 0.5) is 0 Å². The first kappa shape index (κ1) is 30.2. The third-order valence-electron chi connectivity index (χ3n) is 7.44. The van der Waals surface area contributed by atoms with Crippen LogP contribution in [0.3, 0.4) is 0 Å². The second-order valence-corrected chi connectivity index (χ2v) is 10.5. The van der Waals surface area contributed by atoms with E-state index in [0.29, 0.717) is 0 Å². The van der Waals surface area contributed by atoms with Crippen LogP contribution >= 0.6 is 0 Å². The lowest BCUT2D eigenvalue weighted by molar-refractivity contribution is -0.704. The monoisotopic (exact) mass is 461 g/mol. The van der Waals surface area contributed by atoms with Gasteiger partial charge in [-0.05, 0) is 26.2 Å². The Hall–Kier alpha value is -0.790. The van der Waals surface area contributed by atoms with Crippen molar-refractivity contribution in [3.05, 3.63) is 18.2 Å². The van der Waals surface area contributed by atoms with Crippen molar-refractivity contribution in [3.8, 4) is 0 Å². The molecule has 0 spiro atoms. The summed E-state index contributed by atoms with van der Waals surface area (Å²) in [4.78, 5) is 0. The van der Waals surface area contributed by atoms with Gasteiger partial charge in [0, 0.05) is 6.42 Å². The van der Waals surface area contributed by atoms with E-state index in [2.05, 4.69) is 42.3 Å². The predicted molar refractivity (Wildman–Crippen MR) is 147 cm³/mol. The molecule has 0 N–H and O–H groups in total. The second kappa shape index (κ2) is 23.0. The van der Waals surface area contributed by atoms with Gasteiger partial charge in [0.15, 0.2) is 0 Å². The molecule has 0 saturated heterocycles. The normalized spacial score (nSPS) is 11.5. The van der Waals surface area contributed by atoms with Gasteiger partial charge in [-0.3, -0.25) is 0 Å². The van der Waals surface area contributed by atoms with Crippen LogP contribution in [-0.2, 0) is 19.5 Å². The third kappa shape index (κ3) is 16.5. The van der Waals surface area contributed by atoms with E-state index in [0.717, 1.165) is 6.54 Å². The summed E-state index contributed by atoms with van der Waals surface area (Å²) >= 11 is 0. The zero-order chi connectivity index (χ0) is 23.8. The third-order valence-corrected chi connectivity index (χ3v) is 7.44. The van der Waals surface area contributed by atoms with E-state index in [1.54, 1.807) is 5.82 Å². The molecule has 2 nitrogen and oxygen atoms in total. The fourth-order valence-electron chi connectivity index (χ4n) is 5.17. The highest BCUT2D eigenvalue weighted by Gasteiger charge is 2.15. The van der Waals surface area contributed by atoms with Crippen molar-refractivity contribution in [2.24, 2.45) is 0 Å². The van der Waals surface area contributed by atoms with Crippen LogP contribution in [-0.4, -0.2) is 4.57 Å². The van der Waals surface area contributed by atoms with Crippen LogP contribution in [0.1, 0.15) is 168 Å². The lowest BCUT2D eigenvalue weighted by Crippen LogP contribution is -2.37. The first-order valence-electron chi connectivity index (χ1n) is 15.4. The standard InChI is InChI=1S/C31H61N2/c1-4-7-9-11-13-15-17-18-20-22-24-26-28-33-30-29-32(6-3)31(33)27-25-23-21-19-16-14-12-10-8-5-2/h29-30H,4-28H2,1-3H3/q+1. The number of hydrogen-bond donors (Lipinski definition) is 0. The molecule has 0 unspecified atom stereocenters. The Morgan fingerprint density at radius 3 is 1.33 bits per heavy atom. The molecule has 0 aliphatic carbocycles. The number of rotatable bonds is 25. The number of hydrogen-bond acceptors (Lipinski definition) is 0. The van der Waals surface area contributed by atoms with Gasteiger partial charge >= 0.3 is 0 Å².